The molecule has 1 heterocycles. The molecule has 2 unspecified atom stereocenters. The minimum absolute atomic E-state index is 0. The molecule has 1 rings (SSSR count). The van der Waals surface area contributed by atoms with Gasteiger partial charge in [-0.05, 0) is 26.2 Å². The number of hydrogen-bond acceptors (Lipinski definition) is 2. The lowest BCUT2D eigenvalue weighted by atomic mass is 9.90. The lowest BCUT2D eigenvalue weighted by Gasteiger charge is -2.23. The highest BCUT2D eigenvalue weighted by Gasteiger charge is 2.29. The average Bonchev–Trinajstić information content (AvgIpc) is 2.74. The van der Waals surface area contributed by atoms with Crippen molar-refractivity contribution in [1.29, 1.82) is 0 Å². The van der Waals surface area contributed by atoms with Gasteiger partial charge < -0.3 is 15.4 Å². The van der Waals surface area contributed by atoms with E-state index in [9.17, 15) is 0 Å². The van der Waals surface area contributed by atoms with Crippen molar-refractivity contribution in [2.24, 2.45) is 16.3 Å². The fourth-order valence-corrected chi connectivity index (χ4v) is 1.81. The lowest BCUT2D eigenvalue weighted by Crippen LogP contribution is -2.44. The summed E-state index contributed by atoms with van der Waals surface area (Å²) in [5.74, 6) is 1.52. The molecule has 5 heteroatoms. The lowest BCUT2D eigenvalue weighted by molar-refractivity contribution is 0.163. The van der Waals surface area contributed by atoms with Gasteiger partial charge in [-0.1, -0.05) is 20.8 Å². The number of halogens is 1. The van der Waals surface area contributed by atoms with Crippen LogP contribution in [-0.2, 0) is 4.74 Å². The van der Waals surface area contributed by atoms with E-state index in [1.807, 2.05) is 0 Å². The normalized spacial score (nSPS) is 25.1. The molecule has 1 saturated heterocycles. The first-order valence-corrected chi connectivity index (χ1v) is 7.09. The summed E-state index contributed by atoms with van der Waals surface area (Å²) in [7, 11) is 0. The third-order valence-corrected chi connectivity index (χ3v) is 3.63. The number of rotatable bonds is 5. The Balaban J connectivity index is 0.00000324. The number of nitrogens with one attached hydrogen (secondary N) is 2. The molecular weight excluding hydrogens is 353 g/mol. The highest BCUT2D eigenvalue weighted by Crippen LogP contribution is 2.27. The molecule has 0 spiro atoms. The van der Waals surface area contributed by atoms with E-state index in [1.54, 1.807) is 0 Å². The van der Waals surface area contributed by atoms with Crippen molar-refractivity contribution >= 4 is 29.9 Å². The Hall–Kier alpha value is -0.0400. The molecule has 2 N–H and O–H groups in total. The van der Waals surface area contributed by atoms with Crippen LogP contribution in [0.25, 0.3) is 0 Å². The van der Waals surface area contributed by atoms with Crippen LogP contribution in [-0.4, -0.2) is 38.3 Å². The van der Waals surface area contributed by atoms with Gasteiger partial charge in [-0.25, -0.2) is 0 Å². The quantitative estimate of drug-likeness (QED) is 0.436. The summed E-state index contributed by atoms with van der Waals surface area (Å²) in [5, 5.41) is 6.76. The van der Waals surface area contributed by atoms with Gasteiger partial charge in [0.15, 0.2) is 5.96 Å². The first-order chi connectivity index (χ1) is 8.47. The minimum Gasteiger partial charge on any atom is -0.381 e. The van der Waals surface area contributed by atoms with Gasteiger partial charge in [0.05, 0.1) is 13.2 Å². The van der Waals surface area contributed by atoms with Crippen molar-refractivity contribution in [3.63, 3.8) is 0 Å². The van der Waals surface area contributed by atoms with Crippen molar-refractivity contribution in [1.82, 2.24) is 10.6 Å². The minimum atomic E-state index is 0. The number of guanidine groups is 1. The molecular formula is C14H30IN3O. The third-order valence-electron chi connectivity index (χ3n) is 3.63. The van der Waals surface area contributed by atoms with Gasteiger partial charge in [-0.15, -0.1) is 24.0 Å². The Bertz CT molecular complexity index is 276. The van der Waals surface area contributed by atoms with Crippen LogP contribution in [0.5, 0.6) is 0 Å². The summed E-state index contributed by atoms with van der Waals surface area (Å²) in [4.78, 5) is 4.70. The van der Waals surface area contributed by atoms with Crippen LogP contribution in [0, 0.1) is 11.3 Å². The van der Waals surface area contributed by atoms with E-state index in [2.05, 4.69) is 45.3 Å². The monoisotopic (exact) mass is 383 g/mol. The van der Waals surface area contributed by atoms with E-state index in [4.69, 9.17) is 9.73 Å². The van der Waals surface area contributed by atoms with E-state index in [0.29, 0.717) is 12.0 Å². The Kier molecular flexibility index (Phi) is 8.98. The third kappa shape index (κ3) is 6.79. The predicted octanol–water partition coefficient (Wildman–Crippen LogP) is 2.63. The van der Waals surface area contributed by atoms with Gasteiger partial charge in [0, 0.05) is 24.6 Å². The number of ether oxygens (including phenoxy) is 1. The van der Waals surface area contributed by atoms with Crippen LogP contribution < -0.4 is 10.6 Å². The molecule has 4 nitrogen and oxygen atoms in total. The van der Waals surface area contributed by atoms with E-state index in [-0.39, 0.29) is 29.4 Å². The molecule has 0 saturated carbocycles. The molecule has 0 radical (unpaired) electrons. The Morgan fingerprint density at radius 3 is 2.53 bits per heavy atom. The standard InChI is InChI=1S/C14H29N3O.HI/c1-6-15-13(17-12(4)11(2)3)16-9-14(5)7-8-18-10-14;/h11-12H,6-10H2,1-5H3,(H2,15,16,17);1H. The molecule has 0 aliphatic carbocycles. The molecule has 114 valence electrons. The average molecular weight is 383 g/mol. The van der Waals surface area contributed by atoms with E-state index in [1.165, 1.54) is 0 Å². The summed E-state index contributed by atoms with van der Waals surface area (Å²) < 4.78 is 5.46. The topological polar surface area (TPSA) is 45.7 Å². The molecule has 2 atom stereocenters. The Labute approximate surface area is 135 Å². The van der Waals surface area contributed by atoms with Crippen LogP contribution in [0.15, 0.2) is 4.99 Å². The van der Waals surface area contributed by atoms with Crippen LogP contribution >= 0.6 is 24.0 Å². The maximum absolute atomic E-state index is 5.46. The van der Waals surface area contributed by atoms with Crippen molar-refractivity contribution in [3.05, 3.63) is 0 Å². The maximum Gasteiger partial charge on any atom is 0.191 e. The fraction of sp³-hybridized carbons (Fsp3) is 0.929. The van der Waals surface area contributed by atoms with Crippen LogP contribution in [0.4, 0.5) is 0 Å². The van der Waals surface area contributed by atoms with Crippen LogP contribution in [0.3, 0.4) is 0 Å². The molecule has 0 bridgehead atoms. The number of nitrogens with zero attached hydrogens (tertiary/aromatic N) is 1. The predicted molar refractivity (Wildman–Crippen MR) is 92.4 cm³/mol. The molecule has 19 heavy (non-hydrogen) atoms. The molecule has 1 aliphatic heterocycles. The summed E-state index contributed by atoms with van der Waals surface area (Å²) >= 11 is 0. The Morgan fingerprint density at radius 1 is 1.37 bits per heavy atom. The van der Waals surface area contributed by atoms with Gasteiger partial charge in [-0.3, -0.25) is 4.99 Å². The molecule has 0 aromatic carbocycles. The van der Waals surface area contributed by atoms with Crippen LogP contribution in [0.1, 0.15) is 41.0 Å². The first kappa shape index (κ1) is 19.0. The van der Waals surface area contributed by atoms with Gasteiger partial charge in [0.2, 0.25) is 0 Å². The number of hydrogen-bond donors (Lipinski definition) is 2. The second kappa shape index (κ2) is 9.00. The van der Waals surface area contributed by atoms with Crippen LogP contribution in [0.2, 0.25) is 0 Å². The first-order valence-electron chi connectivity index (χ1n) is 7.09. The summed E-state index contributed by atoms with van der Waals surface area (Å²) in [6.07, 6.45) is 1.11. The van der Waals surface area contributed by atoms with E-state index < -0.39 is 0 Å². The van der Waals surface area contributed by atoms with Crippen molar-refractivity contribution in [3.8, 4) is 0 Å². The molecule has 1 aliphatic rings. The summed E-state index contributed by atoms with van der Waals surface area (Å²) in [6.45, 7) is 14.4. The zero-order valence-corrected chi connectivity index (χ0v) is 15.3. The van der Waals surface area contributed by atoms with Crippen molar-refractivity contribution < 1.29 is 4.74 Å². The van der Waals surface area contributed by atoms with Gasteiger partial charge in [0.1, 0.15) is 0 Å². The van der Waals surface area contributed by atoms with Crippen molar-refractivity contribution in [2.45, 2.75) is 47.1 Å². The maximum atomic E-state index is 5.46. The smallest absolute Gasteiger partial charge is 0.191 e. The number of aliphatic imine (C=N–C) groups is 1. The van der Waals surface area contributed by atoms with E-state index in [0.717, 1.165) is 38.7 Å². The Morgan fingerprint density at radius 2 is 2.05 bits per heavy atom. The van der Waals surface area contributed by atoms with E-state index >= 15 is 0 Å². The fourth-order valence-electron chi connectivity index (χ4n) is 1.81. The second-order valence-corrected chi connectivity index (χ2v) is 5.99. The molecule has 0 aromatic rings. The molecule has 0 amide bonds. The zero-order chi connectivity index (χ0) is 13.6. The zero-order valence-electron chi connectivity index (χ0n) is 13.0. The van der Waals surface area contributed by atoms with Gasteiger partial charge in [-0.2, -0.15) is 0 Å². The second-order valence-electron chi connectivity index (χ2n) is 5.99. The highest BCUT2D eigenvalue weighted by molar-refractivity contribution is 14.0. The van der Waals surface area contributed by atoms with Gasteiger partial charge >= 0.3 is 0 Å². The van der Waals surface area contributed by atoms with Crippen molar-refractivity contribution in [2.75, 3.05) is 26.3 Å². The molecule has 1 fully saturated rings. The summed E-state index contributed by atoms with van der Waals surface area (Å²) in [6, 6.07) is 0.426. The summed E-state index contributed by atoms with van der Waals surface area (Å²) in [5.41, 5.74) is 0.212. The molecule has 0 aromatic heterocycles. The SMILES string of the molecule is CCNC(=NCC1(C)CCOC1)NC(C)C(C)C.I. The van der Waals surface area contributed by atoms with Gasteiger partial charge in [0.25, 0.3) is 0 Å². The largest absolute Gasteiger partial charge is 0.381 e. The highest BCUT2D eigenvalue weighted by atomic mass is 127.